The van der Waals surface area contributed by atoms with Gasteiger partial charge in [-0.25, -0.2) is 13.2 Å². The van der Waals surface area contributed by atoms with Gasteiger partial charge in [0, 0.05) is 24.1 Å². The van der Waals surface area contributed by atoms with E-state index in [0.717, 1.165) is 19.9 Å². The Kier molecular flexibility index (Phi) is 8.74. The number of alkyl halides is 2. The number of carbonyl (C=O) groups excluding carboxylic acids is 3. The van der Waals surface area contributed by atoms with Crippen molar-refractivity contribution in [1.82, 2.24) is 15.5 Å². The van der Waals surface area contributed by atoms with E-state index in [0.29, 0.717) is 4.90 Å². The van der Waals surface area contributed by atoms with Gasteiger partial charge in [0.1, 0.15) is 23.7 Å². The van der Waals surface area contributed by atoms with Gasteiger partial charge in [-0.15, -0.1) is 6.58 Å². The molecule has 4 N–H and O–H groups in total. The van der Waals surface area contributed by atoms with Crippen molar-refractivity contribution in [3.63, 3.8) is 0 Å². The van der Waals surface area contributed by atoms with E-state index in [1.54, 1.807) is 0 Å². The number of benzene rings is 2. The van der Waals surface area contributed by atoms with Crippen LogP contribution in [0.3, 0.4) is 0 Å². The summed E-state index contributed by atoms with van der Waals surface area (Å²) in [5.41, 5.74) is -1.53. The molecular formula is C28H32F3N3O5. The number of likely N-dealkylation sites (tertiary alicyclic amines) is 1. The van der Waals surface area contributed by atoms with Gasteiger partial charge in [0.2, 0.25) is 11.8 Å². The normalized spacial score (nSPS) is 19.2. The standard InChI is InChI=1S/C28H32F3N3O5/c1-5-12-32-25(38)23-27(3,4)28(30,31)15-34(23)26(39)22(21(36)14-17-8-6-9-18(29)13-17)33-24(37)19-10-7-11-20(35)16(19)2/h5-11,13,21-23,35-36H,1,12,14-15H2,2-4H3,(H,32,38)(H,33,37)/t21-,22-,23+/m0/s1. The molecule has 0 bridgehead atoms. The summed E-state index contributed by atoms with van der Waals surface area (Å²) in [6, 6.07) is 5.92. The summed E-state index contributed by atoms with van der Waals surface area (Å²) in [5.74, 6) is -7.10. The number of phenolic OH excluding ortho intramolecular Hbond substituents is 1. The number of phenols is 1. The van der Waals surface area contributed by atoms with Crippen LogP contribution in [0.25, 0.3) is 0 Å². The van der Waals surface area contributed by atoms with Crippen LogP contribution in [0.4, 0.5) is 13.2 Å². The molecule has 39 heavy (non-hydrogen) atoms. The highest BCUT2D eigenvalue weighted by Gasteiger charge is 2.64. The molecule has 210 valence electrons. The highest BCUT2D eigenvalue weighted by atomic mass is 19.3. The van der Waals surface area contributed by atoms with Gasteiger partial charge in [-0.05, 0) is 36.8 Å². The van der Waals surface area contributed by atoms with Gasteiger partial charge in [-0.2, -0.15) is 0 Å². The Morgan fingerprint density at radius 1 is 1.21 bits per heavy atom. The van der Waals surface area contributed by atoms with E-state index < -0.39 is 59.6 Å². The summed E-state index contributed by atoms with van der Waals surface area (Å²) in [5, 5.41) is 25.9. The van der Waals surface area contributed by atoms with Gasteiger partial charge in [0.25, 0.3) is 11.8 Å². The van der Waals surface area contributed by atoms with Crippen LogP contribution in [0.5, 0.6) is 5.75 Å². The maximum absolute atomic E-state index is 15.1. The second kappa shape index (κ2) is 11.5. The SMILES string of the molecule is C=CCNC(=O)[C@H]1N(C(=O)[C@@H](NC(=O)c2cccc(O)c2C)[C@@H](O)Cc2cccc(F)c2)CC(F)(F)C1(C)C. The lowest BCUT2D eigenvalue weighted by atomic mass is 9.81. The molecule has 3 amide bonds. The molecule has 1 heterocycles. The van der Waals surface area contributed by atoms with Crippen LogP contribution in [0.1, 0.15) is 35.3 Å². The van der Waals surface area contributed by atoms with Gasteiger partial charge >= 0.3 is 0 Å². The lowest BCUT2D eigenvalue weighted by molar-refractivity contribution is -0.144. The van der Waals surface area contributed by atoms with Crippen molar-refractivity contribution in [2.75, 3.05) is 13.1 Å². The molecule has 1 aliphatic rings. The summed E-state index contributed by atoms with van der Waals surface area (Å²) in [6.45, 7) is 6.10. The Bertz CT molecular complexity index is 1270. The molecule has 0 spiro atoms. The maximum Gasteiger partial charge on any atom is 0.272 e. The largest absolute Gasteiger partial charge is 0.508 e. The van der Waals surface area contributed by atoms with Crippen LogP contribution in [-0.4, -0.2) is 70.0 Å². The molecule has 1 saturated heterocycles. The zero-order chi connectivity index (χ0) is 29.1. The van der Waals surface area contributed by atoms with Crippen molar-refractivity contribution in [3.05, 3.63) is 77.6 Å². The Morgan fingerprint density at radius 2 is 1.87 bits per heavy atom. The molecule has 0 aromatic heterocycles. The molecule has 1 fully saturated rings. The number of nitrogens with zero attached hydrogens (tertiary/aromatic N) is 1. The fraction of sp³-hybridized carbons (Fsp3) is 0.393. The average Bonchev–Trinajstić information content (AvgIpc) is 3.05. The first-order chi connectivity index (χ1) is 18.2. The highest BCUT2D eigenvalue weighted by Crippen LogP contribution is 2.48. The van der Waals surface area contributed by atoms with Crippen molar-refractivity contribution in [1.29, 1.82) is 0 Å². The van der Waals surface area contributed by atoms with Gasteiger partial charge in [-0.3, -0.25) is 14.4 Å². The molecule has 3 rings (SSSR count). The fourth-order valence-electron chi connectivity index (χ4n) is 4.66. The molecule has 11 heteroatoms. The first-order valence-electron chi connectivity index (χ1n) is 12.3. The molecule has 3 atom stereocenters. The predicted octanol–water partition coefficient (Wildman–Crippen LogP) is 2.72. The van der Waals surface area contributed by atoms with E-state index >= 15 is 8.78 Å². The molecule has 2 aromatic carbocycles. The molecule has 0 saturated carbocycles. The number of aromatic hydroxyl groups is 1. The topological polar surface area (TPSA) is 119 Å². The van der Waals surface area contributed by atoms with Crippen LogP contribution < -0.4 is 10.6 Å². The molecule has 8 nitrogen and oxygen atoms in total. The summed E-state index contributed by atoms with van der Waals surface area (Å²) in [6.07, 6.45) is -0.641. The fourth-order valence-corrected chi connectivity index (χ4v) is 4.66. The molecule has 0 aliphatic carbocycles. The number of nitrogens with one attached hydrogen (secondary N) is 2. The zero-order valence-electron chi connectivity index (χ0n) is 21.9. The quantitative estimate of drug-likeness (QED) is 0.360. The first kappa shape index (κ1) is 29.7. The zero-order valence-corrected chi connectivity index (χ0v) is 21.9. The Balaban J connectivity index is 2.01. The number of hydrogen-bond acceptors (Lipinski definition) is 5. The number of rotatable bonds is 9. The van der Waals surface area contributed by atoms with E-state index in [2.05, 4.69) is 17.2 Å². The van der Waals surface area contributed by atoms with Crippen molar-refractivity contribution < 1.29 is 37.8 Å². The maximum atomic E-state index is 15.1. The highest BCUT2D eigenvalue weighted by molar-refractivity contribution is 6.00. The van der Waals surface area contributed by atoms with Gasteiger partial charge < -0.3 is 25.7 Å². The third kappa shape index (κ3) is 6.08. The van der Waals surface area contributed by atoms with Crippen molar-refractivity contribution >= 4 is 17.7 Å². The minimum Gasteiger partial charge on any atom is -0.508 e. The second-order valence-corrected chi connectivity index (χ2v) is 10.1. The van der Waals surface area contributed by atoms with Gasteiger partial charge in [-0.1, -0.05) is 38.1 Å². The van der Waals surface area contributed by atoms with Gasteiger partial charge in [0.05, 0.1) is 18.1 Å². The Labute approximate surface area is 224 Å². The number of amides is 3. The Hall–Kier alpha value is -3.86. The van der Waals surface area contributed by atoms with Crippen LogP contribution in [0, 0.1) is 18.2 Å². The number of aliphatic hydroxyl groups is 1. The van der Waals surface area contributed by atoms with E-state index in [9.17, 15) is 29.0 Å². The van der Waals surface area contributed by atoms with E-state index in [4.69, 9.17) is 0 Å². The van der Waals surface area contributed by atoms with E-state index in [1.165, 1.54) is 49.4 Å². The van der Waals surface area contributed by atoms with Crippen LogP contribution in [0.2, 0.25) is 0 Å². The summed E-state index contributed by atoms with van der Waals surface area (Å²) >= 11 is 0. The third-order valence-electron chi connectivity index (χ3n) is 7.08. The van der Waals surface area contributed by atoms with Crippen molar-refractivity contribution in [2.24, 2.45) is 5.41 Å². The first-order valence-corrected chi connectivity index (χ1v) is 12.3. The van der Waals surface area contributed by atoms with E-state index in [-0.39, 0.29) is 35.4 Å². The van der Waals surface area contributed by atoms with Crippen molar-refractivity contribution in [2.45, 2.75) is 51.3 Å². The summed E-state index contributed by atoms with van der Waals surface area (Å²) in [4.78, 5) is 40.6. The molecular weight excluding hydrogens is 515 g/mol. The lowest BCUT2D eigenvalue weighted by Gasteiger charge is -2.34. The molecule has 1 aliphatic heterocycles. The molecule has 0 unspecified atom stereocenters. The summed E-state index contributed by atoms with van der Waals surface area (Å²) in [7, 11) is 0. The monoisotopic (exact) mass is 547 g/mol. The number of hydrogen-bond donors (Lipinski definition) is 4. The second-order valence-electron chi connectivity index (χ2n) is 10.1. The number of carbonyl (C=O) groups is 3. The van der Waals surface area contributed by atoms with Crippen LogP contribution in [-0.2, 0) is 16.0 Å². The lowest BCUT2D eigenvalue weighted by Crippen LogP contribution is -2.59. The smallest absolute Gasteiger partial charge is 0.272 e. The van der Waals surface area contributed by atoms with Gasteiger partial charge in [0.15, 0.2) is 0 Å². The number of halogens is 3. The minimum atomic E-state index is -3.48. The molecule has 0 radical (unpaired) electrons. The predicted molar refractivity (Wildman–Crippen MR) is 138 cm³/mol. The summed E-state index contributed by atoms with van der Waals surface area (Å²) < 4.78 is 44.0. The van der Waals surface area contributed by atoms with Crippen molar-refractivity contribution in [3.8, 4) is 5.75 Å². The van der Waals surface area contributed by atoms with E-state index in [1.807, 2.05) is 0 Å². The minimum absolute atomic E-state index is 0.0156. The van der Waals surface area contributed by atoms with Crippen LogP contribution >= 0.6 is 0 Å². The molecule has 2 aromatic rings. The number of aliphatic hydroxyl groups excluding tert-OH is 1. The average molecular weight is 548 g/mol. The van der Waals surface area contributed by atoms with Crippen LogP contribution in [0.15, 0.2) is 55.1 Å². The third-order valence-corrected chi connectivity index (χ3v) is 7.08. The Morgan fingerprint density at radius 3 is 2.51 bits per heavy atom.